The van der Waals surface area contributed by atoms with Crippen LogP contribution in [-0.4, -0.2) is 31.8 Å². The van der Waals surface area contributed by atoms with Crippen LogP contribution in [0.25, 0.3) is 29.9 Å². The minimum absolute atomic E-state index is 0.00142. The van der Waals surface area contributed by atoms with E-state index in [1.54, 1.807) is 0 Å². The lowest BCUT2D eigenvalue weighted by molar-refractivity contribution is -0.138. The summed E-state index contributed by atoms with van der Waals surface area (Å²) in [4.78, 5) is 36.3. The highest BCUT2D eigenvalue weighted by molar-refractivity contribution is 6.24. The minimum Gasteiger partial charge on any atom is -0.480 e. The second-order valence-corrected chi connectivity index (χ2v) is 10.5. The summed E-state index contributed by atoms with van der Waals surface area (Å²) in [6.45, 7) is 14.2. The molecule has 1 saturated heterocycles. The fraction of sp³-hybridized carbons (Fsp3) is 0.267. The van der Waals surface area contributed by atoms with E-state index < -0.39 is 11.9 Å². The number of allylic oxidation sites excluding steroid dienone is 2. The second-order valence-electron chi connectivity index (χ2n) is 10.5. The number of aromatic amines is 3. The van der Waals surface area contributed by atoms with E-state index in [1.807, 2.05) is 26.0 Å². The number of aryl methyl sites for hydroxylation is 1. The average Bonchev–Trinajstić information content (AvgIpc) is 3.58. The maximum Gasteiger partial charge on any atom is 0.319 e. The van der Waals surface area contributed by atoms with Crippen LogP contribution in [0.1, 0.15) is 69.2 Å². The highest BCUT2D eigenvalue weighted by Gasteiger charge is 2.47. The number of rotatable bonds is 2. The molecule has 0 spiro atoms. The normalized spacial score (nSPS) is 27.1. The van der Waals surface area contributed by atoms with Crippen LogP contribution in [0, 0.1) is 38.5 Å². The van der Waals surface area contributed by atoms with E-state index in [1.165, 1.54) is 0 Å². The molecule has 1 aliphatic carbocycles. The third-order valence-corrected chi connectivity index (χ3v) is 8.40. The molecule has 3 aromatic rings. The lowest BCUT2D eigenvalue weighted by Crippen LogP contribution is -2.23. The molecule has 0 saturated carbocycles. The maximum absolute atomic E-state index is 13.5. The molecule has 2 aliphatic heterocycles. The van der Waals surface area contributed by atoms with Crippen LogP contribution in [0.5, 0.6) is 0 Å². The van der Waals surface area contributed by atoms with Crippen molar-refractivity contribution in [1.82, 2.24) is 20.3 Å². The first-order valence-electron chi connectivity index (χ1n) is 12.6. The van der Waals surface area contributed by atoms with E-state index in [2.05, 4.69) is 65.8 Å². The number of aromatic nitrogens is 3. The molecule has 7 heteroatoms. The first-order valence-corrected chi connectivity index (χ1v) is 12.6. The van der Waals surface area contributed by atoms with Crippen LogP contribution < -0.4 is 16.0 Å². The highest BCUT2D eigenvalue weighted by Crippen LogP contribution is 2.46. The number of H-pyrrole nitrogens is 3. The molecule has 5 heterocycles. The molecular weight excluding hydrogens is 464 g/mol. The van der Waals surface area contributed by atoms with Crippen molar-refractivity contribution in [2.75, 3.05) is 0 Å². The first-order chi connectivity index (χ1) is 17.6. The first kappa shape index (κ1) is 23.2. The summed E-state index contributed by atoms with van der Waals surface area (Å²) >= 11 is 0. The number of aliphatic carboxylic acids is 1. The predicted octanol–water partition coefficient (Wildman–Crippen LogP) is 3.73. The standard InChI is InChI=1S/C30H30N4O3/c1-7-18-15(5)21-11-20-13(3)14(4)27(33-20)25-26(30(36)37)29(35)24-16(6)22(34-28(24)25)10-19-12(2)8-17(31-19)9-23(18)32-21/h7-11,13-14,26,31-34H,1H2,2-6H3,(H,36,37)/b17-9-,19-10-,20-11-,27-25-/t13-,14-,26+/m0/s1. The van der Waals surface area contributed by atoms with Gasteiger partial charge in [0, 0.05) is 67.7 Å². The van der Waals surface area contributed by atoms with Gasteiger partial charge in [0.15, 0.2) is 5.78 Å². The van der Waals surface area contributed by atoms with Gasteiger partial charge in [0.1, 0.15) is 5.92 Å². The highest BCUT2D eigenvalue weighted by atomic mass is 16.4. The van der Waals surface area contributed by atoms with Gasteiger partial charge in [0.2, 0.25) is 0 Å². The molecule has 37 heavy (non-hydrogen) atoms. The molecule has 0 radical (unpaired) electrons. The fourth-order valence-electron chi connectivity index (χ4n) is 6.05. The van der Waals surface area contributed by atoms with Crippen molar-refractivity contribution in [3.63, 3.8) is 0 Å². The van der Waals surface area contributed by atoms with Crippen molar-refractivity contribution in [1.29, 1.82) is 0 Å². The summed E-state index contributed by atoms with van der Waals surface area (Å²) in [7, 11) is 0. The van der Waals surface area contributed by atoms with Crippen molar-refractivity contribution in [2.24, 2.45) is 17.8 Å². The third kappa shape index (κ3) is 3.19. The zero-order valence-electron chi connectivity index (χ0n) is 21.6. The number of carbonyl (C=O) groups excluding carboxylic acids is 1. The van der Waals surface area contributed by atoms with Gasteiger partial charge in [-0.05, 0) is 61.8 Å². The minimum atomic E-state index is -1.23. The zero-order chi connectivity index (χ0) is 26.3. The quantitative estimate of drug-likeness (QED) is 0.349. The summed E-state index contributed by atoms with van der Waals surface area (Å²) < 4.78 is 0. The Morgan fingerprint density at radius 3 is 2.41 bits per heavy atom. The monoisotopic (exact) mass is 494 g/mol. The van der Waals surface area contributed by atoms with E-state index >= 15 is 0 Å². The van der Waals surface area contributed by atoms with Crippen LogP contribution in [0.15, 0.2) is 24.0 Å². The number of hydrogen-bond acceptors (Lipinski definition) is 3. The van der Waals surface area contributed by atoms with Crippen LogP contribution in [0.3, 0.4) is 0 Å². The van der Waals surface area contributed by atoms with Gasteiger partial charge >= 0.3 is 5.97 Å². The number of Topliss-reactive ketones (excluding diaryl/α,β-unsaturated/α-hetero) is 1. The molecular formula is C30H30N4O3. The molecule has 188 valence electrons. The van der Waals surface area contributed by atoms with Gasteiger partial charge in [-0.2, -0.15) is 0 Å². The number of carboxylic acid groups (broad SMARTS) is 1. The fourth-order valence-corrected chi connectivity index (χ4v) is 6.05. The third-order valence-electron chi connectivity index (χ3n) is 8.40. The van der Waals surface area contributed by atoms with Gasteiger partial charge in [-0.15, -0.1) is 0 Å². The predicted molar refractivity (Wildman–Crippen MR) is 145 cm³/mol. The van der Waals surface area contributed by atoms with Crippen molar-refractivity contribution < 1.29 is 14.7 Å². The SMILES string of the molecule is C=Cc1c2[nH]c(c1C)/C=C1\N/C(=C3\c4[nH]c(c(C)c4C(=O)[C@@H]3C(=O)O)/C=c3\[nH]/c(cc3C)=C\2)[C@@H](C)[C@@H]1C. The Hall–Kier alpha value is -4.26. The molecule has 0 aromatic carbocycles. The summed E-state index contributed by atoms with van der Waals surface area (Å²) in [5.74, 6) is -2.62. The van der Waals surface area contributed by atoms with Gasteiger partial charge in [-0.3, -0.25) is 9.59 Å². The Kier molecular flexibility index (Phi) is 4.92. The number of fused-ring (bicyclic) bond motifs is 7. The van der Waals surface area contributed by atoms with Gasteiger partial charge in [0.05, 0.1) is 5.69 Å². The van der Waals surface area contributed by atoms with Crippen LogP contribution in [0.2, 0.25) is 0 Å². The van der Waals surface area contributed by atoms with Crippen LogP contribution in [-0.2, 0) is 4.79 Å². The average molecular weight is 495 g/mol. The second kappa shape index (κ2) is 7.87. The largest absolute Gasteiger partial charge is 0.480 e. The topological polar surface area (TPSA) is 114 Å². The molecule has 3 aliphatic rings. The Bertz CT molecular complexity index is 1740. The van der Waals surface area contributed by atoms with E-state index in [9.17, 15) is 14.7 Å². The molecule has 0 amide bonds. The summed E-state index contributed by atoms with van der Waals surface area (Å²) in [6, 6.07) is 2.09. The molecule has 0 unspecified atom stereocenters. The Labute approximate surface area is 214 Å². The summed E-state index contributed by atoms with van der Waals surface area (Å²) in [6.07, 6.45) is 8.04. The van der Waals surface area contributed by atoms with Crippen LogP contribution >= 0.6 is 0 Å². The zero-order valence-corrected chi connectivity index (χ0v) is 21.6. The molecule has 5 N–H and O–H groups in total. The number of carboxylic acids is 1. The van der Waals surface area contributed by atoms with Gasteiger partial charge in [0.25, 0.3) is 0 Å². The summed E-state index contributed by atoms with van der Waals surface area (Å²) in [5, 5.41) is 15.5. The molecule has 6 rings (SSSR count). The maximum atomic E-state index is 13.5. The van der Waals surface area contributed by atoms with Crippen molar-refractivity contribution in [2.45, 2.75) is 34.6 Å². The van der Waals surface area contributed by atoms with Gasteiger partial charge < -0.3 is 25.4 Å². The molecule has 8 bridgehead atoms. The number of hydrogen-bond donors (Lipinski definition) is 5. The number of carbonyl (C=O) groups is 2. The van der Waals surface area contributed by atoms with Gasteiger partial charge in [-0.25, -0.2) is 0 Å². The van der Waals surface area contributed by atoms with E-state index in [-0.39, 0.29) is 17.6 Å². The van der Waals surface area contributed by atoms with Gasteiger partial charge in [-0.1, -0.05) is 26.5 Å². The smallest absolute Gasteiger partial charge is 0.319 e. The lowest BCUT2D eigenvalue weighted by Gasteiger charge is -2.15. The Morgan fingerprint density at radius 2 is 1.70 bits per heavy atom. The van der Waals surface area contributed by atoms with Crippen LogP contribution in [0.4, 0.5) is 0 Å². The molecule has 1 fully saturated rings. The number of ketones is 1. The lowest BCUT2D eigenvalue weighted by atomic mass is 9.89. The van der Waals surface area contributed by atoms with E-state index in [0.717, 1.165) is 61.4 Å². The number of nitrogens with one attached hydrogen (secondary N) is 4. The Balaban J connectivity index is 1.73. The van der Waals surface area contributed by atoms with E-state index in [4.69, 9.17) is 0 Å². The molecule has 7 nitrogen and oxygen atoms in total. The van der Waals surface area contributed by atoms with Crippen molar-refractivity contribution >= 4 is 41.6 Å². The van der Waals surface area contributed by atoms with Crippen molar-refractivity contribution in [3.8, 4) is 0 Å². The molecule has 3 atom stereocenters. The summed E-state index contributed by atoms with van der Waals surface area (Å²) in [5.41, 5.74) is 10.1. The Morgan fingerprint density at radius 1 is 0.973 bits per heavy atom. The molecule has 3 aromatic heterocycles. The van der Waals surface area contributed by atoms with E-state index in [0.29, 0.717) is 16.8 Å². The van der Waals surface area contributed by atoms with Crippen molar-refractivity contribution in [3.05, 3.63) is 85.3 Å².